The van der Waals surface area contributed by atoms with Gasteiger partial charge in [-0.25, -0.2) is 0 Å². The van der Waals surface area contributed by atoms with E-state index < -0.39 is 0 Å². The number of morpholine rings is 1. The molecule has 0 aromatic carbocycles. The molecule has 1 aromatic heterocycles. The van der Waals surface area contributed by atoms with Gasteiger partial charge in [0.2, 0.25) is 5.91 Å². The molecule has 3 rings (SSSR count). The standard InChI is InChI=1S/C17H28N4O2/c1-13-15(14(2)20-19-13)11-16(22)18-12-17(5-3-4-6-17)21-7-9-23-10-8-21/h3-12H2,1-2H3,(H,18,22)(H,19,20). The molecule has 2 aliphatic rings. The monoisotopic (exact) mass is 320 g/mol. The highest BCUT2D eigenvalue weighted by molar-refractivity contribution is 5.79. The predicted molar refractivity (Wildman–Crippen MR) is 88.4 cm³/mol. The topological polar surface area (TPSA) is 70.2 Å². The van der Waals surface area contributed by atoms with Crippen molar-refractivity contribution < 1.29 is 9.53 Å². The zero-order valence-corrected chi connectivity index (χ0v) is 14.3. The van der Waals surface area contributed by atoms with Crippen LogP contribution in [-0.2, 0) is 16.0 Å². The molecule has 1 aliphatic carbocycles. The van der Waals surface area contributed by atoms with E-state index in [1.165, 1.54) is 25.7 Å². The molecule has 0 bridgehead atoms. The zero-order valence-electron chi connectivity index (χ0n) is 14.3. The Morgan fingerprint density at radius 1 is 1.30 bits per heavy atom. The van der Waals surface area contributed by atoms with Crippen LogP contribution in [0, 0.1) is 13.8 Å². The summed E-state index contributed by atoms with van der Waals surface area (Å²) in [6.07, 6.45) is 5.28. The number of hydrogen-bond acceptors (Lipinski definition) is 4. The number of hydrogen-bond donors (Lipinski definition) is 2. The van der Waals surface area contributed by atoms with Gasteiger partial charge in [0, 0.05) is 36.4 Å². The minimum absolute atomic E-state index is 0.0946. The van der Waals surface area contributed by atoms with Crippen molar-refractivity contribution in [1.82, 2.24) is 20.4 Å². The van der Waals surface area contributed by atoms with Gasteiger partial charge in [-0.15, -0.1) is 0 Å². The van der Waals surface area contributed by atoms with Gasteiger partial charge in [-0.05, 0) is 26.7 Å². The Labute approximate surface area is 138 Å². The molecule has 1 aliphatic heterocycles. The van der Waals surface area contributed by atoms with Crippen LogP contribution in [0.15, 0.2) is 0 Å². The molecule has 2 N–H and O–H groups in total. The Balaban J connectivity index is 1.59. The average Bonchev–Trinajstić information content (AvgIpc) is 3.17. The zero-order chi connectivity index (χ0) is 16.3. The van der Waals surface area contributed by atoms with E-state index in [-0.39, 0.29) is 11.4 Å². The van der Waals surface area contributed by atoms with Gasteiger partial charge < -0.3 is 10.1 Å². The van der Waals surface area contributed by atoms with Crippen LogP contribution in [0.1, 0.15) is 42.6 Å². The summed E-state index contributed by atoms with van der Waals surface area (Å²) in [5.74, 6) is 0.0946. The first-order chi connectivity index (χ1) is 11.1. The van der Waals surface area contributed by atoms with Crippen molar-refractivity contribution in [2.24, 2.45) is 0 Å². The molecule has 128 valence electrons. The average molecular weight is 320 g/mol. The predicted octanol–water partition coefficient (Wildman–Crippen LogP) is 1.33. The number of aromatic amines is 1. The third-order valence-corrected chi connectivity index (χ3v) is 5.45. The van der Waals surface area contributed by atoms with Gasteiger partial charge in [0.05, 0.1) is 25.3 Å². The lowest BCUT2D eigenvalue weighted by Gasteiger charge is -2.43. The van der Waals surface area contributed by atoms with Crippen LogP contribution in [0.25, 0.3) is 0 Å². The molecule has 6 heteroatoms. The van der Waals surface area contributed by atoms with Crippen molar-refractivity contribution >= 4 is 5.91 Å². The lowest BCUT2D eigenvalue weighted by molar-refractivity contribution is -0.121. The number of carbonyl (C=O) groups excluding carboxylic acids is 1. The normalized spacial score (nSPS) is 21.5. The molecule has 0 spiro atoms. The number of ether oxygens (including phenoxy) is 1. The smallest absolute Gasteiger partial charge is 0.224 e. The SMILES string of the molecule is Cc1n[nH]c(C)c1CC(=O)NCC1(N2CCOCC2)CCCC1. The molecule has 6 nitrogen and oxygen atoms in total. The molecular formula is C17H28N4O2. The summed E-state index contributed by atoms with van der Waals surface area (Å²) in [5.41, 5.74) is 3.07. The third kappa shape index (κ3) is 3.58. The molecule has 2 fully saturated rings. The fourth-order valence-corrected chi connectivity index (χ4v) is 4.00. The third-order valence-electron chi connectivity index (χ3n) is 5.45. The van der Waals surface area contributed by atoms with E-state index in [0.29, 0.717) is 6.42 Å². The maximum absolute atomic E-state index is 12.4. The van der Waals surface area contributed by atoms with Crippen molar-refractivity contribution in [3.63, 3.8) is 0 Å². The number of carbonyl (C=O) groups is 1. The lowest BCUT2D eigenvalue weighted by atomic mass is 9.94. The number of rotatable bonds is 5. The number of aryl methyl sites for hydroxylation is 2. The summed E-state index contributed by atoms with van der Waals surface area (Å²) in [7, 11) is 0. The molecule has 23 heavy (non-hydrogen) atoms. The maximum atomic E-state index is 12.4. The number of H-pyrrole nitrogens is 1. The van der Waals surface area contributed by atoms with Crippen molar-refractivity contribution in [3.05, 3.63) is 17.0 Å². The van der Waals surface area contributed by atoms with Crippen LogP contribution in [0.3, 0.4) is 0 Å². The second-order valence-electron chi connectivity index (χ2n) is 6.90. The molecule has 1 saturated carbocycles. The first kappa shape index (κ1) is 16.5. The summed E-state index contributed by atoms with van der Waals surface area (Å²) in [6.45, 7) is 8.24. The van der Waals surface area contributed by atoms with E-state index in [4.69, 9.17) is 4.74 Å². The lowest BCUT2D eigenvalue weighted by Crippen LogP contribution is -2.57. The number of aromatic nitrogens is 2. The Bertz CT molecular complexity index is 523. The number of amides is 1. The van der Waals surface area contributed by atoms with Gasteiger partial charge in [-0.3, -0.25) is 14.8 Å². The van der Waals surface area contributed by atoms with Gasteiger partial charge in [-0.1, -0.05) is 12.8 Å². The van der Waals surface area contributed by atoms with Crippen molar-refractivity contribution in [2.45, 2.75) is 51.5 Å². The van der Waals surface area contributed by atoms with E-state index in [2.05, 4.69) is 20.4 Å². The van der Waals surface area contributed by atoms with Crippen LogP contribution in [-0.4, -0.2) is 59.4 Å². The molecule has 1 saturated heterocycles. The first-order valence-electron chi connectivity index (χ1n) is 8.71. The Hall–Kier alpha value is -1.40. The van der Waals surface area contributed by atoms with Gasteiger partial charge in [-0.2, -0.15) is 5.10 Å². The molecule has 2 heterocycles. The van der Waals surface area contributed by atoms with Crippen LogP contribution in [0.2, 0.25) is 0 Å². The van der Waals surface area contributed by atoms with Gasteiger partial charge in [0.15, 0.2) is 0 Å². The summed E-state index contributed by atoms with van der Waals surface area (Å²) in [4.78, 5) is 14.9. The van der Waals surface area contributed by atoms with E-state index in [1.54, 1.807) is 0 Å². The summed E-state index contributed by atoms with van der Waals surface area (Å²) >= 11 is 0. The van der Waals surface area contributed by atoms with Crippen LogP contribution in [0.5, 0.6) is 0 Å². The van der Waals surface area contributed by atoms with Gasteiger partial charge >= 0.3 is 0 Å². The van der Waals surface area contributed by atoms with Gasteiger partial charge in [0.1, 0.15) is 0 Å². The van der Waals surface area contributed by atoms with E-state index >= 15 is 0 Å². The molecule has 0 radical (unpaired) electrons. The summed E-state index contributed by atoms with van der Waals surface area (Å²) in [6, 6.07) is 0. The Morgan fingerprint density at radius 2 is 2.00 bits per heavy atom. The van der Waals surface area contributed by atoms with Crippen LogP contribution in [0.4, 0.5) is 0 Å². The van der Waals surface area contributed by atoms with Crippen molar-refractivity contribution in [3.8, 4) is 0 Å². The fraction of sp³-hybridized carbons (Fsp3) is 0.765. The molecule has 1 amide bonds. The highest BCUT2D eigenvalue weighted by Crippen LogP contribution is 2.35. The summed E-state index contributed by atoms with van der Waals surface area (Å²) < 4.78 is 5.49. The minimum atomic E-state index is 0.0946. The second kappa shape index (κ2) is 7.01. The molecular weight excluding hydrogens is 292 g/mol. The molecule has 1 aromatic rings. The largest absolute Gasteiger partial charge is 0.379 e. The highest BCUT2D eigenvalue weighted by atomic mass is 16.5. The van der Waals surface area contributed by atoms with Gasteiger partial charge in [0.25, 0.3) is 0 Å². The fourth-order valence-electron chi connectivity index (χ4n) is 4.00. The Kier molecular flexibility index (Phi) is 5.02. The highest BCUT2D eigenvalue weighted by Gasteiger charge is 2.40. The van der Waals surface area contributed by atoms with E-state index in [1.807, 2.05) is 13.8 Å². The van der Waals surface area contributed by atoms with E-state index in [9.17, 15) is 4.79 Å². The minimum Gasteiger partial charge on any atom is -0.379 e. The number of nitrogens with zero attached hydrogens (tertiary/aromatic N) is 2. The van der Waals surface area contributed by atoms with Crippen molar-refractivity contribution in [1.29, 1.82) is 0 Å². The number of nitrogens with one attached hydrogen (secondary N) is 2. The first-order valence-corrected chi connectivity index (χ1v) is 8.71. The van der Waals surface area contributed by atoms with Crippen molar-refractivity contribution in [2.75, 3.05) is 32.8 Å². The van der Waals surface area contributed by atoms with Crippen LogP contribution >= 0.6 is 0 Å². The molecule has 0 unspecified atom stereocenters. The summed E-state index contributed by atoms with van der Waals surface area (Å²) in [5, 5.41) is 10.3. The Morgan fingerprint density at radius 3 is 2.61 bits per heavy atom. The second-order valence-corrected chi connectivity index (χ2v) is 6.90. The molecule has 0 atom stereocenters. The van der Waals surface area contributed by atoms with E-state index in [0.717, 1.165) is 49.8 Å². The quantitative estimate of drug-likeness (QED) is 0.859. The van der Waals surface area contributed by atoms with Crippen LogP contribution < -0.4 is 5.32 Å². The maximum Gasteiger partial charge on any atom is 0.224 e.